The maximum Gasteiger partial charge on any atom is 0.231 e. The van der Waals surface area contributed by atoms with Gasteiger partial charge in [0.1, 0.15) is 35.9 Å². The van der Waals surface area contributed by atoms with Crippen LogP contribution in [0.4, 0.5) is 0 Å². The average molecular weight is 432 g/mol. The SMILES string of the molecule is O=C1/C(=C/c2ccc(O)c(O[C@@H]3O[C@H](CO)[C@@H](O)[C@H](O)[C@H]3O)c2)Oc2cc(O)ccc21. The predicted octanol–water partition coefficient (Wildman–Crippen LogP) is -0.107. The molecule has 1 fully saturated rings. The highest BCUT2D eigenvalue weighted by molar-refractivity contribution is 6.14. The number of rotatable bonds is 4. The van der Waals surface area contributed by atoms with Gasteiger partial charge in [-0.2, -0.15) is 0 Å². The number of fused-ring (bicyclic) bond motifs is 1. The van der Waals surface area contributed by atoms with Crippen molar-refractivity contribution in [2.24, 2.45) is 0 Å². The zero-order chi connectivity index (χ0) is 22.3. The first-order chi connectivity index (χ1) is 14.8. The van der Waals surface area contributed by atoms with Crippen molar-refractivity contribution < 1.29 is 49.6 Å². The Balaban J connectivity index is 1.57. The molecule has 4 rings (SSSR count). The standard InChI is InChI=1S/C21H20O10/c22-8-16-18(26)19(27)20(28)21(31-16)30-14-5-9(1-4-12(14)24)6-15-17(25)11-3-2-10(23)7-13(11)29-15/h1-7,16,18-24,26-28H,8H2/b15-6-/t16-,18-,19+,20-,21-/m1/s1. The van der Waals surface area contributed by atoms with E-state index in [1.165, 1.54) is 42.5 Å². The van der Waals surface area contributed by atoms with E-state index in [1.807, 2.05) is 0 Å². The van der Waals surface area contributed by atoms with Crippen molar-refractivity contribution in [3.05, 3.63) is 53.3 Å². The average Bonchev–Trinajstić information content (AvgIpc) is 3.05. The van der Waals surface area contributed by atoms with Gasteiger partial charge in [0.15, 0.2) is 17.3 Å². The number of ether oxygens (including phenoxy) is 3. The molecular weight excluding hydrogens is 412 g/mol. The van der Waals surface area contributed by atoms with Gasteiger partial charge in [-0.15, -0.1) is 0 Å². The molecule has 0 radical (unpaired) electrons. The van der Waals surface area contributed by atoms with Crippen LogP contribution in [0.1, 0.15) is 15.9 Å². The monoisotopic (exact) mass is 432 g/mol. The fourth-order valence-corrected chi connectivity index (χ4v) is 3.33. The molecule has 2 heterocycles. The Hall–Kier alpha value is -3.15. The summed E-state index contributed by atoms with van der Waals surface area (Å²) in [5.74, 6) is -0.685. The molecule has 0 aliphatic carbocycles. The molecule has 0 saturated carbocycles. The minimum Gasteiger partial charge on any atom is -0.508 e. The number of hydrogen-bond donors (Lipinski definition) is 6. The van der Waals surface area contributed by atoms with E-state index in [1.54, 1.807) is 0 Å². The minimum atomic E-state index is -1.65. The first kappa shape index (κ1) is 21.1. The summed E-state index contributed by atoms with van der Waals surface area (Å²) in [6.45, 7) is -0.626. The molecule has 2 aliphatic heterocycles. The van der Waals surface area contributed by atoms with Gasteiger partial charge in [0, 0.05) is 6.07 Å². The molecule has 2 aromatic carbocycles. The van der Waals surface area contributed by atoms with Gasteiger partial charge in [-0.25, -0.2) is 0 Å². The van der Waals surface area contributed by atoms with Crippen molar-refractivity contribution in [2.75, 3.05) is 6.61 Å². The lowest BCUT2D eigenvalue weighted by molar-refractivity contribution is -0.277. The summed E-state index contributed by atoms with van der Waals surface area (Å²) < 4.78 is 16.2. The van der Waals surface area contributed by atoms with E-state index in [4.69, 9.17) is 14.2 Å². The van der Waals surface area contributed by atoms with E-state index in [0.29, 0.717) is 11.1 Å². The number of ketones is 1. The number of phenols is 2. The second-order valence-corrected chi connectivity index (χ2v) is 7.16. The molecule has 10 heteroatoms. The van der Waals surface area contributed by atoms with Crippen LogP contribution in [0.3, 0.4) is 0 Å². The first-order valence-electron chi connectivity index (χ1n) is 9.36. The first-order valence-corrected chi connectivity index (χ1v) is 9.36. The van der Waals surface area contributed by atoms with Crippen LogP contribution in [0.15, 0.2) is 42.2 Å². The molecule has 0 aromatic heterocycles. The van der Waals surface area contributed by atoms with Crippen molar-refractivity contribution in [3.8, 4) is 23.0 Å². The third-order valence-electron chi connectivity index (χ3n) is 5.03. The number of phenolic OH excluding ortho intramolecular Hbond substituents is 2. The van der Waals surface area contributed by atoms with Gasteiger partial charge >= 0.3 is 0 Å². The number of carbonyl (C=O) groups excluding carboxylic acids is 1. The van der Waals surface area contributed by atoms with Gasteiger partial charge < -0.3 is 44.8 Å². The van der Waals surface area contributed by atoms with E-state index in [9.17, 15) is 35.4 Å². The van der Waals surface area contributed by atoms with E-state index >= 15 is 0 Å². The van der Waals surface area contributed by atoms with E-state index < -0.39 is 37.3 Å². The van der Waals surface area contributed by atoms with Crippen molar-refractivity contribution in [2.45, 2.75) is 30.7 Å². The number of aromatic hydroxyl groups is 2. The Bertz CT molecular complexity index is 1030. The molecular formula is C21H20O10. The Labute approximate surface area is 175 Å². The fraction of sp³-hybridized carbons (Fsp3) is 0.286. The smallest absolute Gasteiger partial charge is 0.231 e. The molecule has 5 atom stereocenters. The lowest BCUT2D eigenvalue weighted by Gasteiger charge is -2.39. The number of aliphatic hydroxyl groups excluding tert-OH is 4. The molecule has 2 aliphatic rings. The third kappa shape index (κ3) is 3.94. The quantitative estimate of drug-likeness (QED) is 0.359. The van der Waals surface area contributed by atoms with Crippen LogP contribution in [0.5, 0.6) is 23.0 Å². The Kier molecular flexibility index (Phi) is 5.56. The number of Topliss-reactive ketones (excluding diaryl/α,β-unsaturated/α-hetero) is 1. The molecule has 0 amide bonds. The molecule has 164 valence electrons. The highest BCUT2D eigenvalue weighted by Crippen LogP contribution is 2.36. The summed E-state index contributed by atoms with van der Waals surface area (Å²) in [6, 6.07) is 8.25. The molecule has 2 aromatic rings. The lowest BCUT2D eigenvalue weighted by atomic mass is 9.99. The molecule has 31 heavy (non-hydrogen) atoms. The van der Waals surface area contributed by atoms with Gasteiger partial charge in [-0.05, 0) is 35.9 Å². The van der Waals surface area contributed by atoms with Crippen molar-refractivity contribution in [1.29, 1.82) is 0 Å². The number of aliphatic hydroxyl groups is 4. The normalized spacial score (nSPS) is 29.0. The van der Waals surface area contributed by atoms with Crippen LogP contribution in [0.2, 0.25) is 0 Å². The van der Waals surface area contributed by atoms with E-state index in [0.717, 1.165) is 0 Å². The summed E-state index contributed by atoms with van der Waals surface area (Å²) in [5, 5.41) is 58.8. The highest BCUT2D eigenvalue weighted by Gasteiger charge is 2.45. The van der Waals surface area contributed by atoms with Crippen LogP contribution >= 0.6 is 0 Å². The number of hydrogen-bond acceptors (Lipinski definition) is 10. The highest BCUT2D eigenvalue weighted by atomic mass is 16.7. The van der Waals surface area contributed by atoms with Gasteiger partial charge in [0.25, 0.3) is 0 Å². The lowest BCUT2D eigenvalue weighted by Crippen LogP contribution is -2.60. The zero-order valence-corrected chi connectivity index (χ0v) is 16.0. The Morgan fingerprint density at radius 3 is 2.52 bits per heavy atom. The molecule has 0 bridgehead atoms. The molecule has 0 unspecified atom stereocenters. The summed E-state index contributed by atoms with van der Waals surface area (Å²) in [7, 11) is 0. The summed E-state index contributed by atoms with van der Waals surface area (Å²) in [6.07, 6.45) is -6.09. The molecule has 1 saturated heterocycles. The third-order valence-corrected chi connectivity index (χ3v) is 5.03. The largest absolute Gasteiger partial charge is 0.508 e. The summed E-state index contributed by atoms with van der Waals surface area (Å²) in [5.41, 5.74) is 0.693. The van der Waals surface area contributed by atoms with Crippen LogP contribution < -0.4 is 9.47 Å². The Morgan fingerprint density at radius 1 is 1.00 bits per heavy atom. The number of carbonyl (C=O) groups is 1. The second kappa shape index (κ2) is 8.17. The molecule has 10 nitrogen and oxygen atoms in total. The van der Waals surface area contributed by atoms with Gasteiger partial charge in [0.05, 0.1) is 12.2 Å². The molecule has 0 spiro atoms. The maximum absolute atomic E-state index is 12.5. The van der Waals surface area contributed by atoms with E-state index in [2.05, 4.69) is 0 Å². The minimum absolute atomic E-state index is 0.00919. The van der Waals surface area contributed by atoms with Gasteiger partial charge in [0.2, 0.25) is 12.1 Å². The van der Waals surface area contributed by atoms with Crippen molar-refractivity contribution in [1.82, 2.24) is 0 Å². The summed E-state index contributed by atoms with van der Waals surface area (Å²) >= 11 is 0. The van der Waals surface area contributed by atoms with Gasteiger partial charge in [-0.3, -0.25) is 4.79 Å². The van der Waals surface area contributed by atoms with Crippen LogP contribution in [-0.4, -0.2) is 73.7 Å². The van der Waals surface area contributed by atoms with E-state index in [-0.39, 0.29) is 34.5 Å². The topological polar surface area (TPSA) is 166 Å². The number of benzene rings is 2. The second-order valence-electron chi connectivity index (χ2n) is 7.16. The molecule has 6 N–H and O–H groups in total. The zero-order valence-electron chi connectivity index (χ0n) is 16.0. The van der Waals surface area contributed by atoms with Crippen LogP contribution in [0.25, 0.3) is 6.08 Å². The fourth-order valence-electron chi connectivity index (χ4n) is 3.33. The summed E-state index contributed by atoms with van der Waals surface area (Å²) in [4.78, 5) is 12.5. The van der Waals surface area contributed by atoms with Crippen LogP contribution in [-0.2, 0) is 4.74 Å². The number of allylic oxidation sites excluding steroid dienone is 1. The Morgan fingerprint density at radius 2 is 1.77 bits per heavy atom. The maximum atomic E-state index is 12.5. The predicted molar refractivity (Wildman–Crippen MR) is 104 cm³/mol. The van der Waals surface area contributed by atoms with Gasteiger partial charge in [-0.1, -0.05) is 6.07 Å². The van der Waals surface area contributed by atoms with Crippen LogP contribution in [0, 0.1) is 0 Å². The van der Waals surface area contributed by atoms with Crippen molar-refractivity contribution in [3.63, 3.8) is 0 Å². The van der Waals surface area contributed by atoms with Crippen molar-refractivity contribution >= 4 is 11.9 Å².